The van der Waals surface area contributed by atoms with E-state index in [1.165, 1.54) is 0 Å². The highest BCUT2D eigenvalue weighted by Crippen LogP contribution is 2.35. The molecule has 3 aromatic rings. The molecule has 34 heavy (non-hydrogen) atoms. The summed E-state index contributed by atoms with van der Waals surface area (Å²) in [6.07, 6.45) is 0. The molecule has 0 unspecified atom stereocenters. The molecule has 0 amide bonds. The van der Waals surface area contributed by atoms with Gasteiger partial charge in [0, 0.05) is 11.1 Å². The van der Waals surface area contributed by atoms with Crippen molar-refractivity contribution in [2.24, 2.45) is 0 Å². The van der Waals surface area contributed by atoms with Crippen LogP contribution in [0.3, 0.4) is 0 Å². The molecule has 0 aromatic heterocycles. The van der Waals surface area contributed by atoms with Crippen molar-refractivity contribution in [3.05, 3.63) is 94.0 Å². The van der Waals surface area contributed by atoms with E-state index >= 15 is 0 Å². The van der Waals surface area contributed by atoms with Crippen LogP contribution in [0.1, 0.15) is 84.5 Å². The molecule has 0 aliphatic carbocycles. The maximum atomic E-state index is 12.9. The Morgan fingerprint density at radius 1 is 0.647 bits per heavy atom. The van der Waals surface area contributed by atoms with E-state index in [0.29, 0.717) is 22.6 Å². The zero-order valence-electron chi connectivity index (χ0n) is 21.4. The SMILES string of the molecule is Cc1ccc(OC(=O)c2ccc(C(=O)Oc3c(C)cccc3C(C)(C)C)cc2)c(C(C)(C)C)c1. The Morgan fingerprint density at radius 2 is 1.18 bits per heavy atom. The van der Waals surface area contributed by atoms with Crippen LogP contribution >= 0.6 is 0 Å². The number of carbonyl (C=O) groups is 2. The van der Waals surface area contributed by atoms with Crippen LogP contribution in [0, 0.1) is 13.8 Å². The average Bonchev–Trinajstić information content (AvgIpc) is 2.75. The lowest BCUT2D eigenvalue weighted by atomic mass is 9.85. The first-order valence-corrected chi connectivity index (χ1v) is 11.5. The predicted octanol–water partition coefficient (Wildman–Crippen LogP) is 7.34. The van der Waals surface area contributed by atoms with Gasteiger partial charge in [0.1, 0.15) is 11.5 Å². The van der Waals surface area contributed by atoms with Crippen molar-refractivity contribution >= 4 is 11.9 Å². The summed E-state index contributed by atoms with van der Waals surface area (Å²) in [7, 11) is 0. The molecule has 3 rings (SSSR count). The number of esters is 2. The van der Waals surface area contributed by atoms with Gasteiger partial charge in [-0.05, 0) is 60.6 Å². The molecule has 178 valence electrons. The van der Waals surface area contributed by atoms with E-state index in [1.807, 2.05) is 50.2 Å². The molecule has 0 radical (unpaired) electrons. The van der Waals surface area contributed by atoms with Crippen LogP contribution < -0.4 is 9.47 Å². The second-order valence-corrected chi connectivity index (χ2v) is 10.8. The van der Waals surface area contributed by atoms with Crippen molar-refractivity contribution < 1.29 is 19.1 Å². The molecular weight excluding hydrogens is 424 g/mol. The molecule has 0 N–H and O–H groups in total. The Hall–Kier alpha value is -3.40. The normalized spacial score (nSPS) is 11.8. The number of hydrogen-bond acceptors (Lipinski definition) is 4. The first-order valence-electron chi connectivity index (χ1n) is 11.5. The first-order chi connectivity index (χ1) is 15.8. The summed E-state index contributed by atoms with van der Waals surface area (Å²) >= 11 is 0. The van der Waals surface area contributed by atoms with Gasteiger partial charge in [0.2, 0.25) is 0 Å². The van der Waals surface area contributed by atoms with Crippen LogP contribution in [0.15, 0.2) is 60.7 Å². The van der Waals surface area contributed by atoms with Crippen LogP contribution in [0.4, 0.5) is 0 Å². The number of aryl methyl sites for hydroxylation is 2. The number of para-hydroxylation sites is 1. The summed E-state index contributed by atoms with van der Waals surface area (Å²) < 4.78 is 11.5. The Kier molecular flexibility index (Phi) is 7.02. The van der Waals surface area contributed by atoms with Gasteiger partial charge in [0.25, 0.3) is 0 Å². The molecule has 3 aromatic carbocycles. The quantitative estimate of drug-likeness (QED) is 0.303. The lowest BCUT2D eigenvalue weighted by molar-refractivity contribution is 0.0717. The van der Waals surface area contributed by atoms with E-state index in [0.717, 1.165) is 22.3 Å². The van der Waals surface area contributed by atoms with Crippen LogP contribution in [-0.2, 0) is 10.8 Å². The summed E-state index contributed by atoms with van der Waals surface area (Å²) in [5.74, 6) is 0.190. The zero-order valence-corrected chi connectivity index (χ0v) is 21.4. The van der Waals surface area contributed by atoms with Crippen molar-refractivity contribution in [2.45, 2.75) is 66.2 Å². The van der Waals surface area contributed by atoms with E-state index in [4.69, 9.17) is 9.47 Å². The fraction of sp³-hybridized carbons (Fsp3) is 0.333. The topological polar surface area (TPSA) is 52.6 Å². The van der Waals surface area contributed by atoms with Crippen molar-refractivity contribution in [1.82, 2.24) is 0 Å². The molecule has 0 aliphatic heterocycles. The Labute approximate surface area is 202 Å². The molecule has 0 aliphatic rings. The monoisotopic (exact) mass is 458 g/mol. The minimum Gasteiger partial charge on any atom is -0.423 e. The van der Waals surface area contributed by atoms with Gasteiger partial charge in [-0.25, -0.2) is 9.59 Å². The van der Waals surface area contributed by atoms with Gasteiger partial charge < -0.3 is 9.47 Å². The van der Waals surface area contributed by atoms with Gasteiger partial charge in [-0.1, -0.05) is 77.4 Å². The van der Waals surface area contributed by atoms with E-state index in [2.05, 4.69) is 41.5 Å². The standard InChI is InChI=1S/C30H34O4/c1-19-12-17-25(24(18-19)30(6,7)8)33-27(31)21-13-15-22(16-14-21)28(32)34-26-20(2)10-9-11-23(26)29(3,4)5/h9-18H,1-8H3. The first kappa shape index (κ1) is 25.2. The number of benzene rings is 3. The molecule has 0 spiro atoms. The smallest absolute Gasteiger partial charge is 0.343 e. The van der Waals surface area contributed by atoms with Gasteiger partial charge in [0.05, 0.1) is 11.1 Å². The highest BCUT2D eigenvalue weighted by atomic mass is 16.5. The molecule has 0 bridgehead atoms. The Balaban J connectivity index is 1.79. The summed E-state index contributed by atoms with van der Waals surface area (Å²) in [6.45, 7) is 16.4. The van der Waals surface area contributed by atoms with E-state index in [9.17, 15) is 9.59 Å². The molecule has 4 nitrogen and oxygen atoms in total. The van der Waals surface area contributed by atoms with Crippen LogP contribution in [-0.4, -0.2) is 11.9 Å². The number of carbonyl (C=O) groups excluding carboxylic acids is 2. The van der Waals surface area contributed by atoms with Crippen LogP contribution in [0.2, 0.25) is 0 Å². The summed E-state index contributed by atoms with van der Waals surface area (Å²) in [6, 6.07) is 18.0. The molecule has 0 atom stereocenters. The molecule has 0 saturated carbocycles. The molecule has 4 heteroatoms. The number of ether oxygens (including phenoxy) is 2. The maximum absolute atomic E-state index is 12.9. The Bertz CT molecular complexity index is 1210. The zero-order chi connectivity index (χ0) is 25.3. The minimum absolute atomic E-state index is 0.170. The predicted molar refractivity (Wildman–Crippen MR) is 136 cm³/mol. The third-order valence-corrected chi connectivity index (χ3v) is 5.72. The van der Waals surface area contributed by atoms with Gasteiger partial charge in [0.15, 0.2) is 0 Å². The molecule has 0 heterocycles. The van der Waals surface area contributed by atoms with Gasteiger partial charge in [-0.15, -0.1) is 0 Å². The van der Waals surface area contributed by atoms with Gasteiger partial charge >= 0.3 is 11.9 Å². The summed E-state index contributed by atoms with van der Waals surface area (Å²) in [5.41, 5.74) is 4.33. The molecular formula is C30H34O4. The van der Waals surface area contributed by atoms with Crippen molar-refractivity contribution in [2.75, 3.05) is 0 Å². The average molecular weight is 459 g/mol. The summed E-state index contributed by atoms with van der Waals surface area (Å²) in [4.78, 5) is 25.7. The van der Waals surface area contributed by atoms with E-state index in [1.54, 1.807) is 24.3 Å². The van der Waals surface area contributed by atoms with Crippen molar-refractivity contribution in [3.8, 4) is 11.5 Å². The van der Waals surface area contributed by atoms with Crippen LogP contribution in [0.5, 0.6) is 11.5 Å². The molecule has 0 saturated heterocycles. The lowest BCUT2D eigenvalue weighted by Gasteiger charge is -2.23. The van der Waals surface area contributed by atoms with Crippen LogP contribution in [0.25, 0.3) is 0 Å². The second kappa shape index (κ2) is 9.46. The fourth-order valence-corrected chi connectivity index (χ4v) is 3.75. The van der Waals surface area contributed by atoms with Gasteiger partial charge in [-0.2, -0.15) is 0 Å². The number of rotatable bonds is 4. The third-order valence-electron chi connectivity index (χ3n) is 5.72. The fourth-order valence-electron chi connectivity index (χ4n) is 3.75. The molecule has 0 fully saturated rings. The van der Waals surface area contributed by atoms with Crippen molar-refractivity contribution in [3.63, 3.8) is 0 Å². The largest absolute Gasteiger partial charge is 0.423 e. The third kappa shape index (κ3) is 5.74. The van der Waals surface area contributed by atoms with E-state index < -0.39 is 11.9 Å². The van der Waals surface area contributed by atoms with E-state index in [-0.39, 0.29) is 10.8 Å². The minimum atomic E-state index is -0.469. The second-order valence-electron chi connectivity index (χ2n) is 10.8. The highest BCUT2D eigenvalue weighted by Gasteiger charge is 2.24. The Morgan fingerprint density at radius 3 is 1.71 bits per heavy atom. The van der Waals surface area contributed by atoms with Gasteiger partial charge in [-0.3, -0.25) is 0 Å². The highest BCUT2D eigenvalue weighted by molar-refractivity contribution is 5.95. The lowest BCUT2D eigenvalue weighted by Crippen LogP contribution is -2.18. The van der Waals surface area contributed by atoms with Crippen molar-refractivity contribution in [1.29, 1.82) is 0 Å². The number of hydrogen-bond donors (Lipinski definition) is 0. The summed E-state index contributed by atoms with van der Waals surface area (Å²) in [5, 5.41) is 0. The maximum Gasteiger partial charge on any atom is 0.343 e.